The molecule has 0 aliphatic heterocycles. The molecule has 0 aromatic heterocycles. The fraction of sp³-hybridized carbons (Fsp3) is 0. The van der Waals surface area contributed by atoms with Crippen LogP contribution in [0.1, 0.15) is 10.4 Å². The molecule has 0 heterocycles. The smallest absolute Gasteiger partial charge is 0.337 e. The van der Waals surface area contributed by atoms with Crippen LogP contribution in [0, 0.1) is 10.1 Å². The molecule has 8 nitrogen and oxygen atoms in total. The van der Waals surface area contributed by atoms with E-state index in [9.17, 15) is 23.3 Å². The molecule has 0 radical (unpaired) electrons. The lowest BCUT2D eigenvalue weighted by atomic mass is 10.2. The number of nitro groups is 1. The van der Waals surface area contributed by atoms with E-state index in [-0.39, 0.29) is 16.3 Å². The van der Waals surface area contributed by atoms with Gasteiger partial charge in [-0.25, -0.2) is 13.2 Å². The molecule has 0 unspecified atom stereocenters. The maximum Gasteiger partial charge on any atom is 0.337 e. The molecule has 0 saturated heterocycles. The number of nitro benzene ring substituents is 1. The zero-order valence-corrected chi connectivity index (χ0v) is 12.8. The molecule has 0 saturated carbocycles. The van der Waals surface area contributed by atoms with Crippen LogP contribution in [0.2, 0.25) is 5.02 Å². The number of nitrogens with one attached hydrogen (secondary N) is 1. The molecule has 0 aliphatic carbocycles. The zero-order chi connectivity index (χ0) is 17.2. The molecule has 2 N–H and O–H groups in total. The number of hydrogen-bond acceptors (Lipinski definition) is 5. The number of nitrogens with zero attached hydrogens (tertiary/aromatic N) is 1. The van der Waals surface area contributed by atoms with Crippen molar-refractivity contribution in [3.8, 4) is 0 Å². The Kier molecular flexibility index (Phi) is 4.52. The van der Waals surface area contributed by atoms with E-state index in [1.54, 1.807) is 0 Å². The van der Waals surface area contributed by atoms with E-state index in [1.165, 1.54) is 18.2 Å². The number of sulfonamides is 1. The number of anilines is 1. The number of para-hydroxylation sites is 1. The van der Waals surface area contributed by atoms with Gasteiger partial charge in [0.25, 0.3) is 15.7 Å². The zero-order valence-electron chi connectivity index (χ0n) is 11.3. The van der Waals surface area contributed by atoms with Crippen LogP contribution in [0.3, 0.4) is 0 Å². The van der Waals surface area contributed by atoms with Crippen molar-refractivity contribution in [1.82, 2.24) is 0 Å². The van der Waals surface area contributed by atoms with Crippen LogP contribution in [0.25, 0.3) is 0 Å². The number of carboxylic acid groups (broad SMARTS) is 1. The maximum absolute atomic E-state index is 12.4. The number of carbonyl (C=O) groups is 1. The van der Waals surface area contributed by atoms with Gasteiger partial charge in [-0.15, -0.1) is 0 Å². The summed E-state index contributed by atoms with van der Waals surface area (Å²) in [4.78, 5) is 20.7. The van der Waals surface area contributed by atoms with Crippen molar-refractivity contribution in [1.29, 1.82) is 0 Å². The summed E-state index contributed by atoms with van der Waals surface area (Å²) in [6, 6.07) is 8.24. The van der Waals surface area contributed by atoms with Gasteiger partial charge in [0.05, 0.1) is 16.2 Å². The van der Waals surface area contributed by atoms with Crippen LogP contribution in [-0.4, -0.2) is 24.4 Å². The first kappa shape index (κ1) is 16.7. The van der Waals surface area contributed by atoms with Crippen molar-refractivity contribution in [2.45, 2.75) is 4.90 Å². The Bertz CT molecular complexity index is 897. The predicted molar refractivity (Wildman–Crippen MR) is 82.3 cm³/mol. The fourth-order valence-corrected chi connectivity index (χ4v) is 3.24. The third-order valence-corrected chi connectivity index (χ3v) is 4.46. The summed E-state index contributed by atoms with van der Waals surface area (Å²) in [6.07, 6.45) is 0. The van der Waals surface area contributed by atoms with Gasteiger partial charge in [0.15, 0.2) is 4.90 Å². The van der Waals surface area contributed by atoms with E-state index >= 15 is 0 Å². The molecular formula is C13H9ClN2O6S. The number of hydrogen-bond donors (Lipinski definition) is 2. The molecule has 0 fully saturated rings. The minimum Gasteiger partial charge on any atom is -0.478 e. The first-order valence-corrected chi connectivity index (χ1v) is 7.87. The summed E-state index contributed by atoms with van der Waals surface area (Å²) < 4.78 is 26.7. The Morgan fingerprint density at radius 3 is 2.48 bits per heavy atom. The van der Waals surface area contributed by atoms with Crippen LogP contribution in [0.4, 0.5) is 11.4 Å². The quantitative estimate of drug-likeness (QED) is 0.626. The lowest BCUT2D eigenvalue weighted by Gasteiger charge is -2.11. The highest BCUT2D eigenvalue weighted by Gasteiger charge is 2.26. The van der Waals surface area contributed by atoms with Crippen LogP contribution < -0.4 is 4.72 Å². The Morgan fingerprint density at radius 1 is 1.22 bits per heavy atom. The van der Waals surface area contributed by atoms with Crippen molar-refractivity contribution in [3.63, 3.8) is 0 Å². The van der Waals surface area contributed by atoms with E-state index in [0.717, 1.165) is 24.3 Å². The lowest BCUT2D eigenvalue weighted by molar-refractivity contribution is -0.387. The summed E-state index contributed by atoms with van der Waals surface area (Å²) in [6.45, 7) is 0. The standard InChI is InChI=1S/C13H9ClN2O6S/c14-8-5-6-9(13(17)18)10(7-8)15-23(21,22)12-4-2-1-3-11(12)16(19)20/h1-7,15H,(H,17,18). The average molecular weight is 357 g/mol. The van der Waals surface area contributed by atoms with Crippen molar-refractivity contribution < 1.29 is 23.2 Å². The van der Waals surface area contributed by atoms with Gasteiger partial charge >= 0.3 is 5.97 Å². The highest BCUT2D eigenvalue weighted by atomic mass is 35.5. The molecule has 0 spiro atoms. The van der Waals surface area contributed by atoms with E-state index < -0.39 is 31.5 Å². The minimum atomic E-state index is -4.38. The van der Waals surface area contributed by atoms with Gasteiger partial charge in [-0.05, 0) is 24.3 Å². The Balaban J connectivity index is 2.54. The van der Waals surface area contributed by atoms with E-state index in [4.69, 9.17) is 16.7 Å². The molecule has 0 atom stereocenters. The largest absolute Gasteiger partial charge is 0.478 e. The number of aromatic carboxylic acids is 1. The van der Waals surface area contributed by atoms with Crippen LogP contribution in [-0.2, 0) is 10.0 Å². The molecule has 2 rings (SSSR count). The topological polar surface area (TPSA) is 127 Å². The number of benzene rings is 2. The highest BCUT2D eigenvalue weighted by molar-refractivity contribution is 7.92. The Morgan fingerprint density at radius 2 is 1.87 bits per heavy atom. The number of carboxylic acids is 1. The van der Waals surface area contributed by atoms with Crippen molar-refractivity contribution in [2.24, 2.45) is 0 Å². The normalized spacial score (nSPS) is 11.0. The van der Waals surface area contributed by atoms with E-state index in [0.29, 0.717) is 0 Å². The average Bonchev–Trinajstić information content (AvgIpc) is 2.46. The summed E-state index contributed by atoms with van der Waals surface area (Å²) >= 11 is 5.74. The van der Waals surface area contributed by atoms with E-state index in [2.05, 4.69) is 0 Å². The molecule has 0 aliphatic rings. The van der Waals surface area contributed by atoms with Gasteiger partial charge < -0.3 is 5.11 Å². The van der Waals surface area contributed by atoms with Crippen LogP contribution >= 0.6 is 11.6 Å². The number of halogens is 1. The fourth-order valence-electron chi connectivity index (χ4n) is 1.82. The Hall–Kier alpha value is -2.65. The lowest BCUT2D eigenvalue weighted by Crippen LogP contribution is -2.17. The van der Waals surface area contributed by atoms with Crippen molar-refractivity contribution in [3.05, 3.63) is 63.2 Å². The van der Waals surface area contributed by atoms with Gasteiger partial charge in [-0.1, -0.05) is 23.7 Å². The van der Waals surface area contributed by atoms with Gasteiger partial charge in [0, 0.05) is 11.1 Å². The monoisotopic (exact) mass is 356 g/mol. The highest BCUT2D eigenvalue weighted by Crippen LogP contribution is 2.28. The second kappa shape index (κ2) is 6.23. The number of rotatable bonds is 5. The predicted octanol–water partition coefficient (Wildman–Crippen LogP) is 2.75. The molecule has 2 aromatic rings. The van der Waals surface area contributed by atoms with E-state index in [1.807, 2.05) is 4.72 Å². The maximum atomic E-state index is 12.4. The first-order valence-electron chi connectivity index (χ1n) is 6.01. The molecule has 2 aromatic carbocycles. The summed E-state index contributed by atoms with van der Waals surface area (Å²) in [5, 5.41) is 20.1. The molecule has 10 heteroatoms. The first-order chi connectivity index (χ1) is 10.7. The van der Waals surface area contributed by atoms with Gasteiger partial charge in [-0.3, -0.25) is 14.8 Å². The summed E-state index contributed by atoms with van der Waals surface area (Å²) in [7, 11) is -4.38. The van der Waals surface area contributed by atoms with Crippen molar-refractivity contribution in [2.75, 3.05) is 4.72 Å². The summed E-state index contributed by atoms with van der Waals surface area (Å²) in [5.41, 5.74) is -1.25. The van der Waals surface area contributed by atoms with Crippen LogP contribution in [0.15, 0.2) is 47.4 Å². The second-order valence-electron chi connectivity index (χ2n) is 4.33. The van der Waals surface area contributed by atoms with Gasteiger partial charge in [0.2, 0.25) is 0 Å². The molecule has 23 heavy (non-hydrogen) atoms. The SMILES string of the molecule is O=C(O)c1ccc(Cl)cc1NS(=O)(=O)c1ccccc1[N+](=O)[O-]. The Labute approximate surface area is 135 Å². The minimum absolute atomic E-state index is 0.107. The van der Waals surface area contributed by atoms with Gasteiger partial charge in [0.1, 0.15) is 0 Å². The molecule has 0 amide bonds. The van der Waals surface area contributed by atoms with Crippen LogP contribution in [0.5, 0.6) is 0 Å². The third kappa shape index (κ3) is 3.58. The van der Waals surface area contributed by atoms with Crippen molar-refractivity contribution >= 4 is 39.0 Å². The molecule has 120 valence electrons. The molecule has 0 bridgehead atoms. The third-order valence-electron chi connectivity index (χ3n) is 2.81. The second-order valence-corrected chi connectivity index (χ2v) is 6.41. The van der Waals surface area contributed by atoms with Gasteiger partial charge in [-0.2, -0.15) is 0 Å². The summed E-state index contributed by atoms with van der Waals surface area (Å²) in [5.74, 6) is -1.37. The molecular weight excluding hydrogens is 348 g/mol.